The maximum atomic E-state index is 13.1. The molecule has 0 heterocycles. The number of halogens is 1. The van der Waals surface area contributed by atoms with Gasteiger partial charge in [0, 0.05) is 6.04 Å². The lowest BCUT2D eigenvalue weighted by molar-refractivity contribution is 0.169. The van der Waals surface area contributed by atoms with Crippen LogP contribution in [0.15, 0.2) is 18.2 Å². The SMILES string of the molecule is Cc1cc(F)ccc1CCNC1CCC2(CCCC2)CC1. The van der Waals surface area contributed by atoms with E-state index in [1.54, 1.807) is 12.1 Å². The molecule has 0 unspecified atom stereocenters. The van der Waals surface area contributed by atoms with Crippen LogP contribution in [0.1, 0.15) is 62.5 Å². The Kier molecular flexibility index (Phi) is 4.63. The molecular formula is C19H28FN. The minimum Gasteiger partial charge on any atom is -0.314 e. The van der Waals surface area contributed by atoms with Crippen molar-refractivity contribution in [2.75, 3.05) is 6.54 Å². The minimum absolute atomic E-state index is 0.127. The van der Waals surface area contributed by atoms with Gasteiger partial charge in [-0.1, -0.05) is 18.9 Å². The molecule has 0 aliphatic heterocycles. The first-order valence-corrected chi connectivity index (χ1v) is 8.65. The largest absolute Gasteiger partial charge is 0.314 e. The molecule has 0 amide bonds. The van der Waals surface area contributed by atoms with Gasteiger partial charge in [-0.05, 0) is 87.1 Å². The van der Waals surface area contributed by atoms with Crippen LogP contribution in [-0.2, 0) is 6.42 Å². The average Bonchev–Trinajstić information content (AvgIpc) is 2.92. The number of nitrogens with one attached hydrogen (secondary N) is 1. The maximum Gasteiger partial charge on any atom is 0.123 e. The highest BCUT2D eigenvalue weighted by Gasteiger charge is 2.37. The Bertz CT molecular complexity index is 466. The predicted molar refractivity (Wildman–Crippen MR) is 86.0 cm³/mol. The lowest BCUT2D eigenvalue weighted by atomic mass is 9.71. The summed E-state index contributed by atoms with van der Waals surface area (Å²) in [4.78, 5) is 0. The van der Waals surface area contributed by atoms with Gasteiger partial charge in [0.05, 0.1) is 0 Å². The van der Waals surface area contributed by atoms with E-state index in [4.69, 9.17) is 0 Å². The highest BCUT2D eigenvalue weighted by atomic mass is 19.1. The fourth-order valence-corrected chi connectivity index (χ4v) is 4.41. The molecule has 2 saturated carbocycles. The molecule has 1 nitrogen and oxygen atoms in total. The lowest BCUT2D eigenvalue weighted by Crippen LogP contribution is -2.37. The Labute approximate surface area is 128 Å². The molecule has 0 radical (unpaired) electrons. The lowest BCUT2D eigenvalue weighted by Gasteiger charge is -2.37. The monoisotopic (exact) mass is 289 g/mol. The number of hydrogen-bond donors (Lipinski definition) is 1. The molecule has 1 N–H and O–H groups in total. The van der Waals surface area contributed by atoms with Crippen molar-refractivity contribution >= 4 is 0 Å². The summed E-state index contributed by atoms with van der Waals surface area (Å²) < 4.78 is 13.1. The maximum absolute atomic E-state index is 13.1. The summed E-state index contributed by atoms with van der Waals surface area (Å²) in [5.41, 5.74) is 3.07. The predicted octanol–water partition coefficient (Wildman–Crippen LogP) is 4.77. The van der Waals surface area contributed by atoms with Crippen LogP contribution in [0, 0.1) is 18.2 Å². The van der Waals surface area contributed by atoms with Gasteiger partial charge in [-0.25, -0.2) is 4.39 Å². The van der Waals surface area contributed by atoms with E-state index in [1.165, 1.54) is 56.9 Å². The van der Waals surface area contributed by atoms with E-state index in [1.807, 2.05) is 13.0 Å². The summed E-state index contributed by atoms with van der Waals surface area (Å²) in [6.07, 6.45) is 12.5. The standard InChI is InChI=1S/C19H28FN/c1-15-14-17(20)5-4-16(15)8-13-21-18-6-11-19(12-7-18)9-2-3-10-19/h4-5,14,18,21H,2-3,6-13H2,1H3. The fourth-order valence-electron chi connectivity index (χ4n) is 4.41. The number of aryl methyl sites for hydroxylation is 1. The molecule has 2 aliphatic rings. The molecule has 0 saturated heterocycles. The smallest absolute Gasteiger partial charge is 0.123 e. The molecule has 2 aliphatic carbocycles. The van der Waals surface area contributed by atoms with Gasteiger partial charge in [-0.3, -0.25) is 0 Å². The quantitative estimate of drug-likeness (QED) is 0.842. The van der Waals surface area contributed by atoms with E-state index in [9.17, 15) is 4.39 Å². The topological polar surface area (TPSA) is 12.0 Å². The van der Waals surface area contributed by atoms with Crippen LogP contribution >= 0.6 is 0 Å². The van der Waals surface area contributed by atoms with Crippen LogP contribution in [-0.4, -0.2) is 12.6 Å². The van der Waals surface area contributed by atoms with E-state index in [-0.39, 0.29) is 5.82 Å². The van der Waals surface area contributed by atoms with Gasteiger partial charge < -0.3 is 5.32 Å². The Hall–Kier alpha value is -0.890. The van der Waals surface area contributed by atoms with Crippen LogP contribution in [0.5, 0.6) is 0 Å². The first-order valence-electron chi connectivity index (χ1n) is 8.65. The molecule has 1 aromatic rings. The number of hydrogen-bond acceptors (Lipinski definition) is 1. The van der Waals surface area contributed by atoms with Gasteiger partial charge in [0.2, 0.25) is 0 Å². The highest BCUT2D eigenvalue weighted by Crippen LogP contribution is 2.48. The van der Waals surface area contributed by atoms with Gasteiger partial charge in [0.1, 0.15) is 5.82 Å². The van der Waals surface area contributed by atoms with Gasteiger partial charge in [-0.15, -0.1) is 0 Å². The summed E-state index contributed by atoms with van der Waals surface area (Å²) >= 11 is 0. The molecule has 2 fully saturated rings. The molecule has 2 heteroatoms. The highest BCUT2D eigenvalue weighted by molar-refractivity contribution is 5.26. The molecule has 3 rings (SSSR count). The third-order valence-electron chi connectivity index (χ3n) is 5.84. The zero-order valence-corrected chi connectivity index (χ0v) is 13.3. The second-order valence-electron chi connectivity index (χ2n) is 7.26. The molecule has 0 atom stereocenters. The van der Waals surface area contributed by atoms with Crippen LogP contribution in [0.4, 0.5) is 4.39 Å². The van der Waals surface area contributed by atoms with Crippen molar-refractivity contribution in [2.45, 2.75) is 70.8 Å². The van der Waals surface area contributed by atoms with Crippen molar-refractivity contribution in [3.05, 3.63) is 35.1 Å². The first kappa shape index (κ1) is 15.0. The van der Waals surface area contributed by atoms with Crippen LogP contribution in [0.2, 0.25) is 0 Å². The fraction of sp³-hybridized carbons (Fsp3) is 0.684. The van der Waals surface area contributed by atoms with Gasteiger partial charge in [0.15, 0.2) is 0 Å². The number of benzene rings is 1. The molecule has 21 heavy (non-hydrogen) atoms. The summed E-state index contributed by atoms with van der Waals surface area (Å²) in [5, 5.41) is 3.72. The summed E-state index contributed by atoms with van der Waals surface area (Å²) in [5.74, 6) is -0.127. The van der Waals surface area contributed by atoms with Crippen LogP contribution in [0.25, 0.3) is 0 Å². The zero-order valence-electron chi connectivity index (χ0n) is 13.3. The molecular weight excluding hydrogens is 261 g/mol. The molecule has 0 aromatic heterocycles. The van der Waals surface area contributed by atoms with E-state index in [0.717, 1.165) is 23.9 Å². The van der Waals surface area contributed by atoms with E-state index in [2.05, 4.69) is 5.32 Å². The summed E-state index contributed by atoms with van der Waals surface area (Å²) in [6, 6.07) is 5.85. The van der Waals surface area contributed by atoms with E-state index in [0.29, 0.717) is 6.04 Å². The third kappa shape index (κ3) is 3.66. The Morgan fingerprint density at radius 2 is 1.86 bits per heavy atom. The number of rotatable bonds is 4. The van der Waals surface area contributed by atoms with Gasteiger partial charge in [0.25, 0.3) is 0 Å². The van der Waals surface area contributed by atoms with Crippen molar-refractivity contribution in [2.24, 2.45) is 5.41 Å². The normalized spacial score (nSPS) is 22.0. The molecule has 1 aromatic carbocycles. The first-order chi connectivity index (χ1) is 10.2. The Morgan fingerprint density at radius 3 is 2.52 bits per heavy atom. The molecule has 0 bridgehead atoms. The van der Waals surface area contributed by atoms with Crippen LogP contribution < -0.4 is 5.32 Å². The minimum atomic E-state index is -0.127. The van der Waals surface area contributed by atoms with Gasteiger partial charge >= 0.3 is 0 Å². The second kappa shape index (κ2) is 6.48. The Morgan fingerprint density at radius 1 is 1.14 bits per heavy atom. The third-order valence-corrected chi connectivity index (χ3v) is 5.84. The summed E-state index contributed by atoms with van der Waals surface area (Å²) in [6.45, 7) is 3.02. The summed E-state index contributed by atoms with van der Waals surface area (Å²) in [7, 11) is 0. The van der Waals surface area contributed by atoms with Crippen molar-refractivity contribution < 1.29 is 4.39 Å². The van der Waals surface area contributed by atoms with E-state index < -0.39 is 0 Å². The molecule has 116 valence electrons. The second-order valence-corrected chi connectivity index (χ2v) is 7.26. The van der Waals surface area contributed by atoms with Crippen molar-refractivity contribution in [3.63, 3.8) is 0 Å². The van der Waals surface area contributed by atoms with Gasteiger partial charge in [-0.2, -0.15) is 0 Å². The van der Waals surface area contributed by atoms with Crippen molar-refractivity contribution in [1.29, 1.82) is 0 Å². The van der Waals surface area contributed by atoms with Crippen LogP contribution in [0.3, 0.4) is 0 Å². The van der Waals surface area contributed by atoms with Crippen molar-refractivity contribution in [1.82, 2.24) is 5.32 Å². The average molecular weight is 289 g/mol. The Balaban J connectivity index is 1.42. The van der Waals surface area contributed by atoms with Crippen molar-refractivity contribution in [3.8, 4) is 0 Å². The zero-order chi connectivity index (χ0) is 14.7. The van der Waals surface area contributed by atoms with E-state index >= 15 is 0 Å². The molecule has 1 spiro atoms.